The molecule has 1 saturated carbocycles. The highest BCUT2D eigenvalue weighted by Gasteiger charge is 2.21. The van der Waals surface area contributed by atoms with E-state index in [1.807, 2.05) is 0 Å². The summed E-state index contributed by atoms with van der Waals surface area (Å²) in [6.45, 7) is 3.00. The monoisotopic (exact) mass is 254 g/mol. The average molecular weight is 254 g/mol. The van der Waals surface area contributed by atoms with Gasteiger partial charge < -0.3 is 11.1 Å². The molecule has 1 fully saturated rings. The van der Waals surface area contributed by atoms with E-state index in [9.17, 15) is 4.79 Å². The van der Waals surface area contributed by atoms with E-state index >= 15 is 0 Å². The normalized spacial score (nSPS) is 23.9. The highest BCUT2D eigenvalue weighted by Crippen LogP contribution is 2.22. The van der Waals surface area contributed by atoms with Gasteiger partial charge in [-0.25, -0.2) is 0 Å². The molecule has 0 aliphatic heterocycles. The molecule has 1 rings (SSSR count). The number of carbonyl (C=O) groups excluding carboxylic acids is 1. The number of carbonyl (C=O) groups is 1. The third kappa shape index (κ3) is 6.39. The molecular formula is C15H30N2O. The largest absolute Gasteiger partial charge is 0.356 e. The van der Waals surface area contributed by atoms with Crippen molar-refractivity contribution in [2.45, 2.75) is 77.2 Å². The number of unbranched alkanes of at least 4 members (excludes halogenated alkanes) is 4. The molecule has 0 aromatic rings. The summed E-state index contributed by atoms with van der Waals surface area (Å²) in [7, 11) is 0. The molecule has 0 radical (unpaired) electrons. The van der Waals surface area contributed by atoms with E-state index in [1.165, 1.54) is 44.9 Å². The highest BCUT2D eigenvalue weighted by molar-refractivity contribution is 5.75. The van der Waals surface area contributed by atoms with Crippen LogP contribution < -0.4 is 11.1 Å². The molecule has 3 heteroatoms. The van der Waals surface area contributed by atoms with Crippen LogP contribution in [0, 0.1) is 5.92 Å². The number of hydrogen-bond acceptors (Lipinski definition) is 2. The summed E-state index contributed by atoms with van der Waals surface area (Å²) in [4.78, 5) is 11.7. The van der Waals surface area contributed by atoms with Crippen molar-refractivity contribution in [3.05, 3.63) is 0 Å². The minimum atomic E-state index is 0.212. The molecule has 1 aliphatic carbocycles. The third-order valence-electron chi connectivity index (χ3n) is 4.04. The molecule has 0 bridgehead atoms. The van der Waals surface area contributed by atoms with Crippen molar-refractivity contribution in [3.63, 3.8) is 0 Å². The molecule has 3 nitrogen and oxygen atoms in total. The Morgan fingerprint density at radius 1 is 1.17 bits per heavy atom. The average Bonchev–Trinajstić information content (AvgIpc) is 2.37. The van der Waals surface area contributed by atoms with Gasteiger partial charge in [-0.15, -0.1) is 0 Å². The first-order valence-electron chi connectivity index (χ1n) is 7.76. The Morgan fingerprint density at radius 2 is 1.89 bits per heavy atom. The standard InChI is InChI=1S/C15H30N2O/c1-2-3-4-5-6-11-15(18)17-12-13-9-7-8-10-14(13)16/h13-14H,2-12,16H2,1H3,(H,17,18). The van der Waals surface area contributed by atoms with Crippen LogP contribution in [0.15, 0.2) is 0 Å². The number of rotatable bonds is 8. The van der Waals surface area contributed by atoms with Crippen LogP contribution in [-0.2, 0) is 4.79 Å². The maximum Gasteiger partial charge on any atom is 0.220 e. The molecule has 3 N–H and O–H groups in total. The molecule has 0 spiro atoms. The first-order valence-corrected chi connectivity index (χ1v) is 7.76. The fourth-order valence-electron chi connectivity index (χ4n) is 2.71. The van der Waals surface area contributed by atoms with Gasteiger partial charge >= 0.3 is 0 Å². The SMILES string of the molecule is CCCCCCCC(=O)NCC1CCCCC1N. The number of nitrogens with one attached hydrogen (secondary N) is 1. The summed E-state index contributed by atoms with van der Waals surface area (Å²) < 4.78 is 0. The summed E-state index contributed by atoms with van der Waals surface area (Å²) >= 11 is 0. The van der Waals surface area contributed by atoms with Gasteiger partial charge in [0, 0.05) is 19.0 Å². The molecule has 0 heterocycles. The van der Waals surface area contributed by atoms with Crippen molar-refractivity contribution in [1.82, 2.24) is 5.32 Å². The Balaban J connectivity index is 2.02. The molecule has 106 valence electrons. The van der Waals surface area contributed by atoms with E-state index in [2.05, 4.69) is 12.2 Å². The lowest BCUT2D eigenvalue weighted by Gasteiger charge is -2.28. The Hall–Kier alpha value is -0.570. The lowest BCUT2D eigenvalue weighted by atomic mass is 9.85. The number of hydrogen-bond donors (Lipinski definition) is 2. The Bertz CT molecular complexity index is 231. The van der Waals surface area contributed by atoms with E-state index in [0.29, 0.717) is 18.4 Å². The Morgan fingerprint density at radius 3 is 2.61 bits per heavy atom. The predicted molar refractivity (Wildman–Crippen MR) is 76.3 cm³/mol. The van der Waals surface area contributed by atoms with Crippen molar-refractivity contribution in [2.75, 3.05) is 6.54 Å². The summed E-state index contributed by atoms with van der Waals surface area (Å²) in [5.74, 6) is 0.715. The second-order valence-corrected chi connectivity index (χ2v) is 5.68. The van der Waals surface area contributed by atoms with Crippen LogP contribution >= 0.6 is 0 Å². The zero-order chi connectivity index (χ0) is 13.2. The molecular weight excluding hydrogens is 224 g/mol. The fraction of sp³-hybridized carbons (Fsp3) is 0.933. The maximum absolute atomic E-state index is 11.7. The summed E-state index contributed by atoms with van der Waals surface area (Å²) in [5.41, 5.74) is 6.07. The highest BCUT2D eigenvalue weighted by atomic mass is 16.1. The van der Waals surface area contributed by atoms with E-state index in [1.54, 1.807) is 0 Å². The molecule has 2 atom stereocenters. The lowest BCUT2D eigenvalue weighted by molar-refractivity contribution is -0.121. The molecule has 0 saturated heterocycles. The first-order chi connectivity index (χ1) is 8.74. The summed E-state index contributed by atoms with van der Waals surface area (Å²) in [6.07, 6.45) is 11.5. The fourth-order valence-corrected chi connectivity index (χ4v) is 2.71. The van der Waals surface area contributed by atoms with Gasteiger partial charge in [0.25, 0.3) is 0 Å². The van der Waals surface area contributed by atoms with Crippen LogP contribution in [0.4, 0.5) is 0 Å². The topological polar surface area (TPSA) is 55.1 Å². The second kappa shape index (κ2) is 9.37. The minimum absolute atomic E-state index is 0.212. The van der Waals surface area contributed by atoms with E-state index in [0.717, 1.165) is 19.4 Å². The van der Waals surface area contributed by atoms with Crippen LogP contribution in [0.3, 0.4) is 0 Å². The molecule has 18 heavy (non-hydrogen) atoms. The van der Waals surface area contributed by atoms with Gasteiger partial charge in [-0.1, -0.05) is 45.4 Å². The molecule has 0 aromatic carbocycles. The van der Waals surface area contributed by atoms with E-state index < -0.39 is 0 Å². The second-order valence-electron chi connectivity index (χ2n) is 5.68. The quantitative estimate of drug-likeness (QED) is 0.654. The maximum atomic E-state index is 11.7. The van der Waals surface area contributed by atoms with E-state index in [4.69, 9.17) is 5.73 Å². The van der Waals surface area contributed by atoms with Gasteiger partial charge in [-0.3, -0.25) is 4.79 Å². The minimum Gasteiger partial charge on any atom is -0.356 e. The van der Waals surface area contributed by atoms with Crippen molar-refractivity contribution in [1.29, 1.82) is 0 Å². The van der Waals surface area contributed by atoms with Crippen LogP contribution in [-0.4, -0.2) is 18.5 Å². The molecule has 1 aliphatic rings. The lowest BCUT2D eigenvalue weighted by Crippen LogP contribution is -2.41. The predicted octanol–water partition coefficient (Wildman–Crippen LogP) is 2.98. The van der Waals surface area contributed by atoms with Crippen molar-refractivity contribution in [2.24, 2.45) is 11.7 Å². The summed E-state index contributed by atoms with van der Waals surface area (Å²) in [6, 6.07) is 0.295. The van der Waals surface area contributed by atoms with E-state index in [-0.39, 0.29) is 5.91 Å². The molecule has 1 amide bonds. The van der Waals surface area contributed by atoms with Gasteiger partial charge in [-0.2, -0.15) is 0 Å². The van der Waals surface area contributed by atoms with Gasteiger partial charge in [0.05, 0.1) is 0 Å². The van der Waals surface area contributed by atoms with Crippen molar-refractivity contribution in [3.8, 4) is 0 Å². The molecule has 2 unspecified atom stereocenters. The smallest absolute Gasteiger partial charge is 0.220 e. The molecule has 0 aromatic heterocycles. The number of amides is 1. The number of nitrogens with two attached hydrogens (primary N) is 1. The van der Waals surface area contributed by atoms with Crippen LogP contribution in [0.1, 0.15) is 71.1 Å². The third-order valence-corrected chi connectivity index (χ3v) is 4.04. The van der Waals surface area contributed by atoms with Crippen LogP contribution in [0.2, 0.25) is 0 Å². The first kappa shape index (κ1) is 15.5. The van der Waals surface area contributed by atoms with Crippen LogP contribution in [0.5, 0.6) is 0 Å². The van der Waals surface area contributed by atoms with Gasteiger partial charge in [0.1, 0.15) is 0 Å². The van der Waals surface area contributed by atoms with Gasteiger partial charge in [0.15, 0.2) is 0 Å². The van der Waals surface area contributed by atoms with Crippen molar-refractivity contribution >= 4 is 5.91 Å². The summed E-state index contributed by atoms with van der Waals surface area (Å²) in [5, 5.41) is 3.05. The van der Waals surface area contributed by atoms with Crippen molar-refractivity contribution < 1.29 is 4.79 Å². The van der Waals surface area contributed by atoms with Gasteiger partial charge in [0.2, 0.25) is 5.91 Å². The Kier molecular flexibility index (Phi) is 8.06. The zero-order valence-electron chi connectivity index (χ0n) is 11.9. The zero-order valence-corrected chi connectivity index (χ0v) is 11.9. The van der Waals surface area contributed by atoms with Gasteiger partial charge in [-0.05, 0) is 25.2 Å². The van der Waals surface area contributed by atoms with Crippen LogP contribution in [0.25, 0.3) is 0 Å². The Labute approximate surface area is 112 Å².